The van der Waals surface area contributed by atoms with Crippen molar-refractivity contribution in [2.24, 2.45) is 5.92 Å². The summed E-state index contributed by atoms with van der Waals surface area (Å²) in [6.07, 6.45) is 6.43. The van der Waals surface area contributed by atoms with E-state index in [1.54, 1.807) is 0 Å². The molecule has 1 saturated carbocycles. The number of aromatic nitrogens is 1. The van der Waals surface area contributed by atoms with Crippen molar-refractivity contribution >= 4 is 30.5 Å². The molecule has 0 amide bonds. The molecule has 13 heavy (non-hydrogen) atoms. The summed E-state index contributed by atoms with van der Waals surface area (Å²) in [6, 6.07) is 4.00. The van der Waals surface area contributed by atoms with Crippen molar-refractivity contribution in [3.63, 3.8) is 0 Å². The van der Waals surface area contributed by atoms with E-state index in [2.05, 4.69) is 10.3 Å². The highest BCUT2D eigenvalue weighted by Gasteiger charge is 2.20. The van der Waals surface area contributed by atoms with Gasteiger partial charge in [-0.2, -0.15) is 0 Å². The number of nitrogens with one attached hydrogen (secondary N) is 1. The van der Waals surface area contributed by atoms with Crippen LogP contribution in [-0.2, 0) is 0 Å². The molecule has 2 nitrogen and oxygen atoms in total. The molecule has 0 saturated heterocycles. The third-order valence-electron chi connectivity index (χ3n) is 1.97. The number of halogens is 2. The number of hydrogen-bond donors (Lipinski definition) is 1. The standard InChI is InChI=1S/C9H12N2.2ClH/c1-2-8(1)7-11-9-3-5-10-6-4-9;;/h3-6,8H,1-2,7H2,(H,10,11);2*1H. The van der Waals surface area contributed by atoms with E-state index >= 15 is 0 Å². The molecule has 0 spiro atoms. The predicted octanol–water partition coefficient (Wildman–Crippen LogP) is 2.75. The average molecular weight is 221 g/mol. The van der Waals surface area contributed by atoms with Crippen LogP contribution in [0.5, 0.6) is 0 Å². The highest BCUT2D eigenvalue weighted by atomic mass is 35.5. The van der Waals surface area contributed by atoms with Crippen LogP contribution < -0.4 is 5.32 Å². The maximum atomic E-state index is 3.95. The number of nitrogens with zero attached hydrogens (tertiary/aromatic N) is 1. The summed E-state index contributed by atoms with van der Waals surface area (Å²) in [4.78, 5) is 3.95. The van der Waals surface area contributed by atoms with Gasteiger partial charge in [0.1, 0.15) is 0 Å². The van der Waals surface area contributed by atoms with Crippen LogP contribution in [-0.4, -0.2) is 11.5 Å². The van der Waals surface area contributed by atoms with Crippen molar-refractivity contribution in [2.45, 2.75) is 12.8 Å². The van der Waals surface area contributed by atoms with Crippen LogP contribution in [0.3, 0.4) is 0 Å². The Labute approximate surface area is 91.0 Å². The Morgan fingerprint density at radius 1 is 1.23 bits per heavy atom. The average Bonchev–Trinajstić information content (AvgIpc) is 2.86. The first-order valence-corrected chi connectivity index (χ1v) is 4.09. The van der Waals surface area contributed by atoms with E-state index in [0.717, 1.165) is 12.5 Å². The molecule has 0 bridgehead atoms. The molecule has 0 aromatic carbocycles. The minimum Gasteiger partial charge on any atom is -0.385 e. The molecule has 2 rings (SSSR count). The minimum atomic E-state index is 0. The first-order valence-electron chi connectivity index (χ1n) is 4.09. The van der Waals surface area contributed by atoms with E-state index in [1.807, 2.05) is 24.5 Å². The zero-order chi connectivity index (χ0) is 7.52. The Morgan fingerprint density at radius 2 is 1.85 bits per heavy atom. The van der Waals surface area contributed by atoms with Gasteiger partial charge in [0, 0.05) is 24.6 Å². The van der Waals surface area contributed by atoms with E-state index in [4.69, 9.17) is 0 Å². The van der Waals surface area contributed by atoms with Crippen molar-refractivity contribution < 1.29 is 0 Å². The van der Waals surface area contributed by atoms with Crippen molar-refractivity contribution in [3.8, 4) is 0 Å². The maximum absolute atomic E-state index is 3.95. The third-order valence-corrected chi connectivity index (χ3v) is 1.97. The summed E-state index contributed by atoms with van der Waals surface area (Å²) >= 11 is 0. The topological polar surface area (TPSA) is 24.9 Å². The fourth-order valence-electron chi connectivity index (χ4n) is 1.05. The fourth-order valence-corrected chi connectivity index (χ4v) is 1.05. The first kappa shape index (κ1) is 12.5. The molecule has 0 atom stereocenters. The lowest BCUT2D eigenvalue weighted by Gasteiger charge is -2.02. The van der Waals surface area contributed by atoms with Crippen LogP contribution >= 0.6 is 24.8 Å². The number of anilines is 1. The van der Waals surface area contributed by atoms with Crippen molar-refractivity contribution in [3.05, 3.63) is 24.5 Å². The Hall–Kier alpha value is -0.470. The maximum Gasteiger partial charge on any atom is 0.0371 e. The second-order valence-electron chi connectivity index (χ2n) is 3.06. The van der Waals surface area contributed by atoms with Gasteiger partial charge in [-0.1, -0.05) is 0 Å². The van der Waals surface area contributed by atoms with E-state index < -0.39 is 0 Å². The SMILES string of the molecule is Cl.Cl.c1cc(NCC2CC2)ccn1. The van der Waals surface area contributed by atoms with Gasteiger partial charge >= 0.3 is 0 Å². The van der Waals surface area contributed by atoms with Crippen LogP contribution in [0.15, 0.2) is 24.5 Å². The van der Waals surface area contributed by atoms with Crippen LogP contribution in [0, 0.1) is 5.92 Å². The molecule has 1 aromatic heterocycles. The van der Waals surface area contributed by atoms with Gasteiger partial charge in [-0.15, -0.1) is 24.8 Å². The molecule has 0 radical (unpaired) electrons. The number of rotatable bonds is 3. The second-order valence-corrected chi connectivity index (χ2v) is 3.06. The molecule has 1 aliphatic carbocycles. The van der Waals surface area contributed by atoms with Crippen molar-refractivity contribution in [1.29, 1.82) is 0 Å². The molecule has 74 valence electrons. The quantitative estimate of drug-likeness (QED) is 0.848. The number of pyridine rings is 1. The van der Waals surface area contributed by atoms with Gasteiger partial charge in [0.05, 0.1) is 0 Å². The molecule has 0 aliphatic heterocycles. The molecule has 0 unspecified atom stereocenters. The van der Waals surface area contributed by atoms with Gasteiger partial charge < -0.3 is 5.32 Å². The van der Waals surface area contributed by atoms with Gasteiger partial charge in [-0.3, -0.25) is 4.98 Å². The Morgan fingerprint density at radius 3 is 2.38 bits per heavy atom. The van der Waals surface area contributed by atoms with E-state index in [1.165, 1.54) is 18.5 Å². The number of hydrogen-bond acceptors (Lipinski definition) is 2. The van der Waals surface area contributed by atoms with Gasteiger partial charge in [0.25, 0.3) is 0 Å². The summed E-state index contributed by atoms with van der Waals surface area (Å²) < 4.78 is 0. The third kappa shape index (κ3) is 4.34. The highest BCUT2D eigenvalue weighted by Crippen LogP contribution is 2.28. The summed E-state index contributed by atoms with van der Waals surface area (Å²) in [7, 11) is 0. The molecule has 1 aliphatic rings. The summed E-state index contributed by atoms with van der Waals surface area (Å²) in [5.41, 5.74) is 1.19. The largest absolute Gasteiger partial charge is 0.385 e. The first-order chi connectivity index (χ1) is 5.45. The van der Waals surface area contributed by atoms with Crippen LogP contribution in [0.1, 0.15) is 12.8 Å². The lowest BCUT2D eigenvalue weighted by Crippen LogP contribution is -2.02. The van der Waals surface area contributed by atoms with Crippen molar-refractivity contribution in [2.75, 3.05) is 11.9 Å². The molecule has 1 heterocycles. The Bertz CT molecular complexity index is 224. The fraction of sp³-hybridized carbons (Fsp3) is 0.444. The normalized spacial score (nSPS) is 13.8. The van der Waals surface area contributed by atoms with Crippen molar-refractivity contribution in [1.82, 2.24) is 4.98 Å². The van der Waals surface area contributed by atoms with E-state index in [-0.39, 0.29) is 24.8 Å². The van der Waals surface area contributed by atoms with Gasteiger partial charge in [-0.25, -0.2) is 0 Å². The van der Waals surface area contributed by atoms with Gasteiger partial charge in [0.15, 0.2) is 0 Å². The monoisotopic (exact) mass is 220 g/mol. The lowest BCUT2D eigenvalue weighted by atomic mass is 10.3. The molecule has 4 heteroatoms. The van der Waals surface area contributed by atoms with E-state index in [9.17, 15) is 0 Å². The Balaban J connectivity index is 0.000000720. The van der Waals surface area contributed by atoms with E-state index in [0.29, 0.717) is 0 Å². The molecular formula is C9H14Cl2N2. The molecular weight excluding hydrogens is 207 g/mol. The molecule has 1 aromatic rings. The predicted molar refractivity (Wildman–Crippen MR) is 59.9 cm³/mol. The highest BCUT2D eigenvalue weighted by molar-refractivity contribution is 5.85. The zero-order valence-corrected chi connectivity index (χ0v) is 8.90. The smallest absolute Gasteiger partial charge is 0.0371 e. The Kier molecular flexibility index (Phi) is 5.84. The molecule has 1 fully saturated rings. The van der Waals surface area contributed by atoms with Crippen LogP contribution in [0.4, 0.5) is 5.69 Å². The minimum absolute atomic E-state index is 0. The second kappa shape index (κ2) is 6.06. The summed E-state index contributed by atoms with van der Waals surface area (Å²) in [5.74, 6) is 0.933. The molecule has 1 N–H and O–H groups in total. The summed E-state index contributed by atoms with van der Waals surface area (Å²) in [6.45, 7) is 1.13. The van der Waals surface area contributed by atoms with Crippen LogP contribution in [0.2, 0.25) is 0 Å². The lowest BCUT2D eigenvalue weighted by molar-refractivity contribution is 0.889. The summed E-state index contributed by atoms with van der Waals surface area (Å²) in [5, 5.41) is 3.37. The zero-order valence-electron chi connectivity index (χ0n) is 7.27. The van der Waals surface area contributed by atoms with Crippen LogP contribution in [0.25, 0.3) is 0 Å². The van der Waals surface area contributed by atoms with Gasteiger partial charge in [-0.05, 0) is 30.9 Å². The van der Waals surface area contributed by atoms with Gasteiger partial charge in [0.2, 0.25) is 0 Å².